The summed E-state index contributed by atoms with van der Waals surface area (Å²) in [4.78, 5) is 0. The number of benzene rings is 4. The third-order valence-electron chi connectivity index (χ3n) is 7.54. The van der Waals surface area contributed by atoms with E-state index < -0.39 is 0 Å². The van der Waals surface area contributed by atoms with Crippen molar-refractivity contribution in [2.24, 2.45) is 0 Å². The van der Waals surface area contributed by atoms with Crippen molar-refractivity contribution in [3.05, 3.63) is 125 Å². The number of rotatable bonds is 9. The number of aryl methyl sites for hydroxylation is 1. The van der Waals surface area contributed by atoms with Gasteiger partial charge in [0.2, 0.25) is 0 Å². The van der Waals surface area contributed by atoms with Crippen molar-refractivity contribution in [2.45, 2.75) is 57.3 Å². The van der Waals surface area contributed by atoms with Crippen LogP contribution in [-0.4, -0.2) is 0 Å². The fraction of sp³-hybridized carbons (Fsp3) is 0.273. The van der Waals surface area contributed by atoms with E-state index in [1.807, 2.05) is 0 Å². The van der Waals surface area contributed by atoms with E-state index >= 15 is 0 Å². The average molecular weight is 714 g/mol. The monoisotopic (exact) mass is 712 g/mol. The highest BCUT2D eigenvalue weighted by Crippen LogP contribution is 2.57. The van der Waals surface area contributed by atoms with E-state index in [0.717, 1.165) is 15.4 Å². The normalized spacial score (nSPS) is 13.4. The van der Waals surface area contributed by atoms with E-state index in [4.69, 9.17) is 0 Å². The second-order valence-corrected chi connectivity index (χ2v) is 12.9. The van der Waals surface area contributed by atoms with Crippen molar-refractivity contribution in [1.29, 1.82) is 0 Å². The summed E-state index contributed by atoms with van der Waals surface area (Å²) in [6.45, 7) is 2.28. The highest BCUT2D eigenvalue weighted by molar-refractivity contribution is 14.1. The zero-order chi connectivity index (χ0) is 25.1. The molecule has 4 aromatic rings. The highest BCUT2D eigenvalue weighted by atomic mass is 127. The lowest BCUT2D eigenvalue weighted by Crippen LogP contribution is -2.28. The van der Waals surface area contributed by atoms with Crippen LogP contribution in [0.3, 0.4) is 0 Å². The minimum atomic E-state index is -0.360. The third kappa shape index (κ3) is 5.00. The van der Waals surface area contributed by atoms with Gasteiger partial charge in [-0.25, -0.2) is 0 Å². The van der Waals surface area contributed by atoms with Crippen LogP contribution < -0.4 is 0 Å². The van der Waals surface area contributed by atoms with Gasteiger partial charge in [0, 0.05) is 12.5 Å². The molecule has 0 radical (unpaired) electrons. The van der Waals surface area contributed by atoms with Gasteiger partial charge in [0.1, 0.15) is 0 Å². The van der Waals surface area contributed by atoms with Gasteiger partial charge in [-0.2, -0.15) is 0 Å². The molecule has 0 unspecified atom stereocenters. The number of unbranched alkanes of at least 4 members (excludes halogenated alkanes) is 5. The van der Waals surface area contributed by atoms with Gasteiger partial charge in [0.05, 0.1) is 5.41 Å². The van der Waals surface area contributed by atoms with Crippen molar-refractivity contribution < 1.29 is 0 Å². The summed E-state index contributed by atoms with van der Waals surface area (Å²) in [5.41, 5.74) is 9.03. The molecule has 1 aliphatic rings. The number of fused-ring (bicyclic) bond motifs is 3. The smallest absolute Gasteiger partial charge is 0.0654 e. The predicted molar refractivity (Wildman–Crippen MR) is 169 cm³/mol. The Morgan fingerprint density at radius 3 is 1.67 bits per heavy atom. The molecule has 0 N–H and O–H groups in total. The van der Waals surface area contributed by atoms with Crippen molar-refractivity contribution in [1.82, 2.24) is 0 Å². The zero-order valence-electron chi connectivity index (χ0n) is 20.7. The quantitative estimate of drug-likeness (QED) is 0.105. The van der Waals surface area contributed by atoms with Gasteiger partial charge in [-0.3, -0.25) is 0 Å². The summed E-state index contributed by atoms with van der Waals surface area (Å²) in [7, 11) is 0. The van der Waals surface area contributed by atoms with E-state index in [9.17, 15) is 0 Å². The maximum atomic E-state index is 3.78. The summed E-state index contributed by atoms with van der Waals surface area (Å²) in [6.07, 6.45) is 9.17. The lowest BCUT2D eigenvalue weighted by Gasteiger charge is -2.34. The van der Waals surface area contributed by atoms with Crippen LogP contribution in [0.2, 0.25) is 0 Å². The van der Waals surface area contributed by atoms with E-state index in [-0.39, 0.29) is 5.41 Å². The largest absolute Gasteiger partial charge is 0.0714 e. The molecular formula is C33H31Br2I. The first-order valence-corrected chi connectivity index (χ1v) is 15.7. The Morgan fingerprint density at radius 2 is 1.11 bits per heavy atom. The van der Waals surface area contributed by atoms with Crippen LogP contribution in [0.1, 0.15) is 73.3 Å². The zero-order valence-corrected chi connectivity index (χ0v) is 26.0. The lowest BCUT2D eigenvalue weighted by atomic mass is 9.67. The van der Waals surface area contributed by atoms with Crippen molar-refractivity contribution >= 4 is 54.5 Å². The van der Waals surface area contributed by atoms with Crippen molar-refractivity contribution in [2.75, 3.05) is 0 Å². The molecule has 1 aliphatic carbocycles. The maximum absolute atomic E-state index is 3.78. The second kappa shape index (κ2) is 11.5. The molecule has 0 fully saturated rings. The molecule has 0 heterocycles. The molecule has 0 bridgehead atoms. The lowest BCUT2D eigenvalue weighted by molar-refractivity contribution is 0.607. The molecule has 184 valence electrons. The molecule has 0 saturated carbocycles. The Kier molecular flexibility index (Phi) is 8.39. The van der Waals surface area contributed by atoms with Crippen LogP contribution in [0.25, 0.3) is 11.1 Å². The molecule has 3 heteroatoms. The molecule has 0 spiro atoms. The van der Waals surface area contributed by atoms with Crippen LogP contribution in [-0.2, 0) is 11.8 Å². The molecule has 0 aliphatic heterocycles. The van der Waals surface area contributed by atoms with Crippen molar-refractivity contribution in [3.63, 3.8) is 0 Å². The number of halogens is 3. The van der Waals surface area contributed by atoms with Gasteiger partial charge in [-0.1, -0.05) is 119 Å². The molecule has 0 amide bonds. The Bertz CT molecular complexity index is 1290. The standard InChI is InChI=1S/C33H31Br2I/c1-2-3-4-5-6-7-8-23-9-11-24(12-10-23)33(25-13-17-28(36)18-14-25)31-21-26(34)15-19-29(31)30-20-16-27(35)22-32(30)33/h9-22H,2-8H2,1H3. The molecule has 4 aromatic carbocycles. The van der Waals surface area contributed by atoms with Crippen LogP contribution in [0, 0.1) is 3.57 Å². The van der Waals surface area contributed by atoms with Gasteiger partial charge >= 0.3 is 0 Å². The van der Waals surface area contributed by atoms with Crippen LogP contribution >= 0.6 is 54.5 Å². The van der Waals surface area contributed by atoms with Crippen LogP contribution in [0.4, 0.5) is 0 Å². The summed E-state index contributed by atoms with van der Waals surface area (Å²) < 4.78 is 3.48. The van der Waals surface area contributed by atoms with Gasteiger partial charge in [-0.05, 0) is 111 Å². The summed E-state index contributed by atoms with van der Waals surface area (Å²) in [5, 5.41) is 0. The Labute approximate surface area is 246 Å². The minimum absolute atomic E-state index is 0.360. The van der Waals surface area contributed by atoms with Gasteiger partial charge in [0.25, 0.3) is 0 Å². The first-order valence-electron chi connectivity index (χ1n) is 13.0. The first kappa shape index (κ1) is 26.2. The molecular weight excluding hydrogens is 683 g/mol. The number of hydrogen-bond acceptors (Lipinski definition) is 0. The SMILES string of the molecule is CCCCCCCCc1ccc(C2(c3ccc(I)cc3)c3cc(Br)ccc3-c3ccc(Br)cc32)cc1. The molecule has 36 heavy (non-hydrogen) atoms. The van der Waals surface area contributed by atoms with E-state index in [0.29, 0.717) is 0 Å². The third-order valence-corrected chi connectivity index (χ3v) is 9.25. The van der Waals surface area contributed by atoms with Crippen molar-refractivity contribution in [3.8, 4) is 11.1 Å². The Morgan fingerprint density at radius 1 is 0.611 bits per heavy atom. The summed E-state index contributed by atoms with van der Waals surface area (Å²) in [5.74, 6) is 0. The van der Waals surface area contributed by atoms with E-state index in [1.54, 1.807) is 0 Å². The molecule has 5 rings (SSSR count). The average Bonchev–Trinajstić information content (AvgIpc) is 3.16. The van der Waals surface area contributed by atoms with Crippen LogP contribution in [0.5, 0.6) is 0 Å². The van der Waals surface area contributed by atoms with E-state index in [1.165, 1.54) is 81.0 Å². The Hall–Kier alpha value is -1.43. The minimum Gasteiger partial charge on any atom is -0.0654 e. The van der Waals surface area contributed by atoms with Gasteiger partial charge in [-0.15, -0.1) is 0 Å². The van der Waals surface area contributed by atoms with Crippen LogP contribution in [0.15, 0.2) is 93.9 Å². The number of hydrogen-bond donors (Lipinski definition) is 0. The molecule has 0 saturated heterocycles. The first-order chi connectivity index (χ1) is 17.5. The Balaban J connectivity index is 1.60. The fourth-order valence-corrected chi connectivity index (χ4v) is 6.87. The fourth-order valence-electron chi connectivity index (χ4n) is 5.79. The van der Waals surface area contributed by atoms with E-state index in [2.05, 4.69) is 146 Å². The summed E-state index contributed by atoms with van der Waals surface area (Å²) >= 11 is 9.97. The molecule has 0 nitrogen and oxygen atoms in total. The van der Waals surface area contributed by atoms with Gasteiger partial charge in [0.15, 0.2) is 0 Å². The predicted octanol–water partition coefficient (Wildman–Crippen LogP) is 11.1. The molecule has 0 aromatic heterocycles. The second-order valence-electron chi connectivity index (χ2n) is 9.85. The van der Waals surface area contributed by atoms with Gasteiger partial charge < -0.3 is 0 Å². The molecule has 0 atom stereocenters. The summed E-state index contributed by atoms with van der Waals surface area (Å²) in [6, 6.07) is 32.1. The highest BCUT2D eigenvalue weighted by Gasteiger charge is 2.46. The maximum Gasteiger partial charge on any atom is 0.0714 e. The topological polar surface area (TPSA) is 0 Å².